The number of carbonyl (C=O) groups is 1. The summed E-state index contributed by atoms with van der Waals surface area (Å²) in [5.41, 5.74) is 4.15. The van der Waals surface area contributed by atoms with E-state index in [2.05, 4.69) is 24.8 Å². The smallest absolute Gasteiger partial charge is 0.264 e. The van der Waals surface area contributed by atoms with Crippen LogP contribution in [0, 0.1) is 19.7 Å². The van der Waals surface area contributed by atoms with Crippen molar-refractivity contribution in [2.24, 2.45) is 0 Å². The first-order valence-corrected chi connectivity index (χ1v) is 11.4. The molecule has 0 aliphatic carbocycles. The lowest BCUT2D eigenvalue weighted by Crippen LogP contribution is -2.48. The van der Waals surface area contributed by atoms with Gasteiger partial charge in [-0.15, -0.1) is 11.3 Å². The van der Waals surface area contributed by atoms with Crippen LogP contribution < -0.4 is 4.74 Å². The van der Waals surface area contributed by atoms with Crippen molar-refractivity contribution in [3.63, 3.8) is 0 Å². The van der Waals surface area contributed by atoms with Crippen LogP contribution in [0.2, 0.25) is 0 Å². The van der Waals surface area contributed by atoms with Crippen molar-refractivity contribution in [1.82, 2.24) is 9.80 Å². The number of nitrogens with zero attached hydrogens (tertiary/aromatic N) is 2. The lowest BCUT2D eigenvalue weighted by molar-refractivity contribution is 0.0631. The van der Waals surface area contributed by atoms with Crippen LogP contribution >= 0.6 is 11.3 Å². The number of carbonyl (C=O) groups excluding carboxylic acids is 1. The predicted molar refractivity (Wildman–Crippen MR) is 122 cm³/mol. The fourth-order valence-corrected chi connectivity index (χ4v) is 4.53. The van der Waals surface area contributed by atoms with Crippen molar-refractivity contribution in [3.05, 3.63) is 86.9 Å². The Morgan fingerprint density at radius 2 is 1.81 bits per heavy atom. The Morgan fingerprint density at radius 3 is 2.55 bits per heavy atom. The molecule has 162 valence electrons. The lowest BCUT2D eigenvalue weighted by atomic mass is 10.1. The minimum atomic E-state index is -0.171. The van der Waals surface area contributed by atoms with Crippen molar-refractivity contribution < 1.29 is 13.9 Å². The topological polar surface area (TPSA) is 32.8 Å². The van der Waals surface area contributed by atoms with Gasteiger partial charge in [0.25, 0.3) is 5.91 Å². The average molecular weight is 439 g/mol. The predicted octanol–water partition coefficient (Wildman–Crippen LogP) is 5.04. The number of piperazine rings is 1. The van der Waals surface area contributed by atoms with Crippen molar-refractivity contribution in [2.75, 3.05) is 26.2 Å². The molecule has 0 unspecified atom stereocenters. The van der Waals surface area contributed by atoms with Crippen molar-refractivity contribution >= 4 is 17.2 Å². The van der Waals surface area contributed by atoms with E-state index in [1.165, 1.54) is 28.5 Å². The third-order valence-electron chi connectivity index (χ3n) is 5.76. The van der Waals surface area contributed by atoms with E-state index >= 15 is 0 Å². The summed E-state index contributed by atoms with van der Waals surface area (Å²) in [4.78, 5) is 17.7. The third-order valence-corrected chi connectivity index (χ3v) is 6.73. The Kier molecular flexibility index (Phi) is 6.68. The van der Waals surface area contributed by atoms with Crippen LogP contribution in [0.25, 0.3) is 0 Å². The number of thiophene rings is 1. The molecule has 1 aromatic heterocycles. The van der Waals surface area contributed by atoms with Gasteiger partial charge in [0.2, 0.25) is 0 Å². The second-order valence-electron chi connectivity index (χ2n) is 8.01. The maximum atomic E-state index is 13.9. The molecule has 2 heterocycles. The fourth-order valence-electron chi connectivity index (χ4n) is 3.67. The summed E-state index contributed by atoms with van der Waals surface area (Å²) < 4.78 is 19.8. The SMILES string of the molecule is Cc1ccc(OCc2csc(C(=O)N3CCN(Cc4ccccc4F)CC3)c2)cc1C. The van der Waals surface area contributed by atoms with Crippen molar-refractivity contribution in [3.8, 4) is 5.75 Å². The van der Waals surface area contributed by atoms with E-state index in [0.717, 1.165) is 29.3 Å². The first kappa shape index (κ1) is 21.5. The summed E-state index contributed by atoms with van der Waals surface area (Å²) in [6, 6.07) is 14.9. The zero-order chi connectivity index (χ0) is 21.8. The summed E-state index contributed by atoms with van der Waals surface area (Å²) in [7, 11) is 0. The Bertz CT molecular complexity index is 1060. The van der Waals surface area contributed by atoms with Crippen LogP contribution in [-0.2, 0) is 13.2 Å². The fraction of sp³-hybridized carbons (Fsp3) is 0.320. The number of amides is 1. The molecule has 6 heteroatoms. The van der Waals surface area contributed by atoms with Crippen molar-refractivity contribution in [1.29, 1.82) is 0 Å². The quantitative estimate of drug-likeness (QED) is 0.541. The maximum absolute atomic E-state index is 13.9. The minimum absolute atomic E-state index is 0.0629. The normalized spacial score (nSPS) is 14.6. The molecule has 0 spiro atoms. The number of halogens is 1. The van der Waals surface area contributed by atoms with Gasteiger partial charge >= 0.3 is 0 Å². The van der Waals surface area contributed by atoms with Crippen LogP contribution in [0.1, 0.15) is 31.9 Å². The summed E-state index contributed by atoms with van der Waals surface area (Å²) in [6.07, 6.45) is 0. The number of benzene rings is 2. The lowest BCUT2D eigenvalue weighted by Gasteiger charge is -2.34. The van der Waals surface area contributed by atoms with Gasteiger partial charge in [-0.1, -0.05) is 24.3 Å². The van der Waals surface area contributed by atoms with Crippen LogP contribution in [0.3, 0.4) is 0 Å². The van der Waals surface area contributed by atoms with Gasteiger partial charge in [0, 0.05) is 43.9 Å². The Balaban J connectivity index is 1.29. The molecule has 4 rings (SSSR count). The highest BCUT2D eigenvalue weighted by Crippen LogP contribution is 2.22. The Labute approximate surface area is 186 Å². The van der Waals surface area contributed by atoms with Gasteiger partial charge in [0.1, 0.15) is 18.2 Å². The molecule has 1 amide bonds. The van der Waals surface area contributed by atoms with E-state index < -0.39 is 0 Å². The van der Waals surface area contributed by atoms with Gasteiger partial charge in [-0.2, -0.15) is 0 Å². The molecule has 3 aromatic rings. The summed E-state index contributed by atoms with van der Waals surface area (Å²) >= 11 is 1.46. The Morgan fingerprint density at radius 1 is 1.03 bits per heavy atom. The number of aryl methyl sites for hydroxylation is 2. The zero-order valence-electron chi connectivity index (χ0n) is 17.9. The first-order valence-electron chi connectivity index (χ1n) is 10.5. The molecule has 0 bridgehead atoms. The molecular formula is C25H27FN2O2S. The average Bonchev–Trinajstić information content (AvgIpc) is 3.25. The number of ether oxygens (including phenoxy) is 1. The molecule has 1 aliphatic rings. The summed E-state index contributed by atoms with van der Waals surface area (Å²) in [5, 5.41) is 1.99. The largest absolute Gasteiger partial charge is 0.489 e. The molecule has 1 aliphatic heterocycles. The molecule has 2 aromatic carbocycles. The van der Waals surface area contributed by atoms with E-state index in [-0.39, 0.29) is 11.7 Å². The highest BCUT2D eigenvalue weighted by Gasteiger charge is 2.23. The monoisotopic (exact) mass is 438 g/mol. The van der Waals surface area contributed by atoms with Gasteiger partial charge in [-0.3, -0.25) is 9.69 Å². The number of hydrogen-bond acceptors (Lipinski definition) is 4. The highest BCUT2D eigenvalue weighted by molar-refractivity contribution is 7.12. The molecule has 0 atom stereocenters. The molecule has 0 radical (unpaired) electrons. The van der Waals surface area contributed by atoms with Gasteiger partial charge in [-0.25, -0.2) is 4.39 Å². The van der Waals surface area contributed by atoms with Gasteiger partial charge < -0.3 is 9.64 Å². The molecule has 4 nitrogen and oxygen atoms in total. The molecule has 1 fully saturated rings. The summed E-state index contributed by atoms with van der Waals surface area (Å²) in [6.45, 7) is 7.97. The molecule has 0 N–H and O–H groups in total. The van der Waals surface area contributed by atoms with Crippen LogP contribution in [0.15, 0.2) is 53.9 Å². The van der Waals surface area contributed by atoms with E-state index in [4.69, 9.17) is 4.74 Å². The second-order valence-corrected chi connectivity index (χ2v) is 8.92. The van der Waals surface area contributed by atoms with Crippen LogP contribution in [0.4, 0.5) is 4.39 Å². The van der Waals surface area contributed by atoms with E-state index in [9.17, 15) is 9.18 Å². The highest BCUT2D eigenvalue weighted by atomic mass is 32.1. The van der Waals surface area contributed by atoms with Gasteiger partial charge in [0.15, 0.2) is 0 Å². The third kappa shape index (κ3) is 5.32. The van der Waals surface area contributed by atoms with E-state index in [0.29, 0.717) is 31.8 Å². The summed E-state index contributed by atoms with van der Waals surface area (Å²) in [5.74, 6) is 0.733. The molecule has 31 heavy (non-hydrogen) atoms. The second kappa shape index (κ2) is 9.62. The van der Waals surface area contributed by atoms with Gasteiger partial charge in [-0.05, 0) is 54.6 Å². The molecular weight excluding hydrogens is 411 g/mol. The van der Waals surface area contributed by atoms with Crippen LogP contribution in [-0.4, -0.2) is 41.9 Å². The van der Waals surface area contributed by atoms with Crippen molar-refractivity contribution in [2.45, 2.75) is 27.0 Å². The number of hydrogen-bond donors (Lipinski definition) is 0. The molecule has 0 saturated carbocycles. The first-order chi connectivity index (χ1) is 15.0. The maximum Gasteiger partial charge on any atom is 0.264 e. The van der Waals surface area contributed by atoms with E-state index in [1.807, 2.05) is 40.6 Å². The van der Waals surface area contributed by atoms with Gasteiger partial charge in [0.05, 0.1) is 4.88 Å². The minimum Gasteiger partial charge on any atom is -0.489 e. The van der Waals surface area contributed by atoms with E-state index in [1.54, 1.807) is 6.07 Å². The standard InChI is InChI=1S/C25H27FN2O2S/c1-18-7-8-22(13-19(18)2)30-16-20-14-24(31-17-20)25(29)28-11-9-27(10-12-28)15-21-5-3-4-6-23(21)26/h3-8,13-14,17H,9-12,15-16H2,1-2H3. The Hall–Kier alpha value is -2.70. The molecule has 1 saturated heterocycles. The zero-order valence-corrected chi connectivity index (χ0v) is 18.8. The number of rotatable bonds is 6. The van der Waals surface area contributed by atoms with Crippen LogP contribution in [0.5, 0.6) is 5.75 Å².